The summed E-state index contributed by atoms with van der Waals surface area (Å²) >= 11 is 2.07. The first-order valence-corrected chi connectivity index (χ1v) is 7.44. The van der Waals surface area contributed by atoms with Crippen molar-refractivity contribution in [2.75, 3.05) is 11.1 Å². The normalized spacial score (nSPS) is 23.9. The van der Waals surface area contributed by atoms with Crippen LogP contribution in [0.3, 0.4) is 0 Å². The van der Waals surface area contributed by atoms with Gasteiger partial charge in [0.05, 0.1) is 11.4 Å². The summed E-state index contributed by atoms with van der Waals surface area (Å²) in [6.45, 7) is 6.24. The molecule has 1 saturated carbocycles. The van der Waals surface area contributed by atoms with Gasteiger partial charge in [0.2, 0.25) is 0 Å². The van der Waals surface area contributed by atoms with Crippen molar-refractivity contribution in [2.45, 2.75) is 51.3 Å². The third-order valence-corrected chi connectivity index (χ3v) is 4.56. The second-order valence-corrected chi connectivity index (χ2v) is 6.14. The van der Waals surface area contributed by atoms with Crippen molar-refractivity contribution in [3.05, 3.63) is 17.6 Å². The quantitative estimate of drug-likeness (QED) is 0.892. The zero-order valence-electron chi connectivity index (χ0n) is 10.9. The zero-order chi connectivity index (χ0) is 12.3. The molecule has 0 bridgehead atoms. The van der Waals surface area contributed by atoms with Gasteiger partial charge in [-0.1, -0.05) is 13.3 Å². The van der Waals surface area contributed by atoms with Crippen LogP contribution in [-0.4, -0.2) is 27.0 Å². The lowest BCUT2D eigenvalue weighted by atomic mass is 10.2. The number of rotatable bonds is 4. The number of hydrogen-bond donors (Lipinski definition) is 1. The molecule has 1 N–H and O–H groups in total. The van der Waals surface area contributed by atoms with Gasteiger partial charge in [0.1, 0.15) is 5.82 Å². The van der Waals surface area contributed by atoms with Crippen molar-refractivity contribution in [1.82, 2.24) is 9.97 Å². The van der Waals surface area contributed by atoms with Crippen LogP contribution in [0.4, 0.5) is 5.82 Å². The molecule has 2 rings (SSSR count). The van der Waals surface area contributed by atoms with Crippen LogP contribution >= 0.6 is 11.8 Å². The fourth-order valence-electron chi connectivity index (χ4n) is 2.35. The van der Waals surface area contributed by atoms with Crippen LogP contribution in [0.15, 0.2) is 6.20 Å². The highest BCUT2D eigenvalue weighted by molar-refractivity contribution is 7.99. The molecule has 1 aromatic rings. The Kier molecular flexibility index (Phi) is 4.26. The molecule has 1 heterocycles. The maximum Gasteiger partial charge on any atom is 0.148 e. The van der Waals surface area contributed by atoms with Crippen LogP contribution in [0.25, 0.3) is 0 Å². The minimum absolute atomic E-state index is 0.565. The molecule has 4 heteroatoms. The Labute approximate surface area is 108 Å². The van der Waals surface area contributed by atoms with E-state index in [1.54, 1.807) is 0 Å². The summed E-state index contributed by atoms with van der Waals surface area (Å²) < 4.78 is 0. The van der Waals surface area contributed by atoms with Crippen LogP contribution in [0.5, 0.6) is 0 Å². The Morgan fingerprint density at radius 3 is 3.00 bits per heavy atom. The summed E-state index contributed by atoms with van der Waals surface area (Å²) in [4.78, 5) is 8.91. The fraction of sp³-hybridized carbons (Fsp3) is 0.692. The molecule has 1 aliphatic rings. The van der Waals surface area contributed by atoms with E-state index < -0.39 is 0 Å². The summed E-state index contributed by atoms with van der Waals surface area (Å²) in [6.07, 6.45) is 5.74. The minimum atomic E-state index is 0.565. The van der Waals surface area contributed by atoms with E-state index in [9.17, 15) is 0 Å². The Bertz CT molecular complexity index is 381. The van der Waals surface area contributed by atoms with Crippen molar-refractivity contribution >= 4 is 17.6 Å². The third-order valence-electron chi connectivity index (χ3n) is 3.23. The van der Waals surface area contributed by atoms with Crippen LogP contribution in [0.2, 0.25) is 0 Å². The second-order valence-electron chi connectivity index (χ2n) is 4.62. The van der Waals surface area contributed by atoms with E-state index >= 15 is 0 Å². The van der Waals surface area contributed by atoms with E-state index in [1.807, 2.05) is 20.0 Å². The first kappa shape index (κ1) is 12.7. The summed E-state index contributed by atoms with van der Waals surface area (Å²) in [5.41, 5.74) is 1.98. The molecule has 17 heavy (non-hydrogen) atoms. The van der Waals surface area contributed by atoms with Crippen LogP contribution in [-0.2, 0) is 0 Å². The molecule has 2 atom stereocenters. The first-order valence-electron chi connectivity index (χ1n) is 6.39. The van der Waals surface area contributed by atoms with E-state index in [2.05, 4.69) is 34.0 Å². The Hall–Kier alpha value is -0.770. The van der Waals surface area contributed by atoms with Crippen LogP contribution < -0.4 is 5.32 Å². The van der Waals surface area contributed by atoms with Gasteiger partial charge >= 0.3 is 0 Å². The molecule has 1 fully saturated rings. The smallest absolute Gasteiger partial charge is 0.148 e. The van der Waals surface area contributed by atoms with Gasteiger partial charge in [-0.15, -0.1) is 0 Å². The molecule has 0 radical (unpaired) electrons. The van der Waals surface area contributed by atoms with Gasteiger partial charge in [0, 0.05) is 17.5 Å². The molecule has 3 nitrogen and oxygen atoms in total. The number of aryl methyl sites for hydroxylation is 2. The number of aromatic nitrogens is 2. The van der Waals surface area contributed by atoms with E-state index in [1.165, 1.54) is 25.0 Å². The van der Waals surface area contributed by atoms with E-state index in [0.29, 0.717) is 6.04 Å². The van der Waals surface area contributed by atoms with Crippen molar-refractivity contribution in [1.29, 1.82) is 0 Å². The Balaban J connectivity index is 2.06. The Morgan fingerprint density at radius 2 is 2.24 bits per heavy atom. The number of anilines is 1. The summed E-state index contributed by atoms with van der Waals surface area (Å²) in [7, 11) is 0. The van der Waals surface area contributed by atoms with E-state index in [4.69, 9.17) is 0 Å². The average Bonchev–Trinajstić information content (AvgIpc) is 2.72. The molecule has 0 spiro atoms. The van der Waals surface area contributed by atoms with Gasteiger partial charge in [-0.3, -0.25) is 4.98 Å². The number of hydrogen-bond acceptors (Lipinski definition) is 4. The monoisotopic (exact) mass is 251 g/mol. The average molecular weight is 251 g/mol. The molecule has 0 amide bonds. The molecule has 94 valence electrons. The molecule has 2 unspecified atom stereocenters. The summed E-state index contributed by atoms with van der Waals surface area (Å²) in [5, 5.41) is 4.33. The lowest BCUT2D eigenvalue weighted by molar-refractivity contribution is 0.758. The van der Waals surface area contributed by atoms with E-state index in [0.717, 1.165) is 22.5 Å². The fourth-order valence-corrected chi connectivity index (χ4v) is 3.55. The van der Waals surface area contributed by atoms with Gasteiger partial charge in [0.15, 0.2) is 0 Å². The Morgan fingerprint density at radius 1 is 1.41 bits per heavy atom. The second kappa shape index (κ2) is 5.71. The molecular formula is C13H21N3S. The molecule has 1 aliphatic carbocycles. The molecule has 0 aliphatic heterocycles. The predicted octanol–water partition coefficient (Wildman–Crippen LogP) is 3.18. The van der Waals surface area contributed by atoms with Crippen molar-refractivity contribution in [3.63, 3.8) is 0 Å². The highest BCUT2D eigenvalue weighted by atomic mass is 32.2. The van der Waals surface area contributed by atoms with Crippen LogP contribution in [0, 0.1) is 13.8 Å². The van der Waals surface area contributed by atoms with Crippen molar-refractivity contribution in [2.24, 2.45) is 0 Å². The maximum atomic E-state index is 4.55. The zero-order valence-corrected chi connectivity index (χ0v) is 11.7. The maximum absolute atomic E-state index is 4.55. The van der Waals surface area contributed by atoms with Gasteiger partial charge in [-0.25, -0.2) is 4.98 Å². The highest BCUT2D eigenvalue weighted by Gasteiger charge is 2.27. The lowest BCUT2D eigenvalue weighted by Crippen LogP contribution is -2.27. The third kappa shape index (κ3) is 3.12. The lowest BCUT2D eigenvalue weighted by Gasteiger charge is -2.21. The van der Waals surface area contributed by atoms with Gasteiger partial charge in [0.25, 0.3) is 0 Å². The predicted molar refractivity (Wildman–Crippen MR) is 74.7 cm³/mol. The summed E-state index contributed by atoms with van der Waals surface area (Å²) in [5.74, 6) is 2.17. The van der Waals surface area contributed by atoms with Gasteiger partial charge < -0.3 is 5.32 Å². The van der Waals surface area contributed by atoms with Crippen LogP contribution in [0.1, 0.15) is 37.6 Å². The molecule has 1 aromatic heterocycles. The SMILES string of the molecule is CCSC1CCCC1Nc1nc(C)cnc1C. The summed E-state index contributed by atoms with van der Waals surface area (Å²) in [6, 6.07) is 0.565. The standard InChI is InChI=1S/C13H21N3S/c1-4-17-12-7-5-6-11(12)16-13-10(3)14-8-9(2)15-13/h8,11-12H,4-7H2,1-3H3,(H,15,16). The topological polar surface area (TPSA) is 37.8 Å². The van der Waals surface area contributed by atoms with Gasteiger partial charge in [-0.05, 0) is 32.4 Å². The first-order chi connectivity index (χ1) is 8.20. The molecular weight excluding hydrogens is 230 g/mol. The van der Waals surface area contributed by atoms with E-state index in [-0.39, 0.29) is 0 Å². The largest absolute Gasteiger partial charge is 0.365 e. The number of nitrogens with one attached hydrogen (secondary N) is 1. The minimum Gasteiger partial charge on any atom is -0.365 e. The van der Waals surface area contributed by atoms with Gasteiger partial charge in [-0.2, -0.15) is 11.8 Å². The highest BCUT2D eigenvalue weighted by Crippen LogP contribution is 2.32. The number of nitrogens with zero attached hydrogens (tertiary/aromatic N) is 2. The molecule has 0 saturated heterocycles. The molecule has 0 aromatic carbocycles. The van der Waals surface area contributed by atoms with Crippen molar-refractivity contribution < 1.29 is 0 Å². The van der Waals surface area contributed by atoms with Crippen molar-refractivity contribution in [3.8, 4) is 0 Å². The number of thioether (sulfide) groups is 1.